The van der Waals surface area contributed by atoms with Gasteiger partial charge >= 0.3 is 0 Å². The smallest absolute Gasteiger partial charge is 0.157 e. The van der Waals surface area contributed by atoms with E-state index in [0.29, 0.717) is 29.9 Å². The van der Waals surface area contributed by atoms with Crippen molar-refractivity contribution in [1.29, 1.82) is 5.26 Å². The summed E-state index contributed by atoms with van der Waals surface area (Å²) in [4.78, 5) is 6.75. The first kappa shape index (κ1) is 19.0. The number of sulfone groups is 1. The predicted molar refractivity (Wildman–Crippen MR) is 112 cm³/mol. The van der Waals surface area contributed by atoms with Gasteiger partial charge < -0.3 is 4.90 Å². The molecular weight excluding hydrogens is 396 g/mol. The molecule has 0 amide bonds. The van der Waals surface area contributed by atoms with Crippen molar-refractivity contribution >= 4 is 43.9 Å². The lowest BCUT2D eigenvalue weighted by Crippen LogP contribution is -2.35. The van der Waals surface area contributed by atoms with Crippen molar-refractivity contribution in [3.63, 3.8) is 0 Å². The molecule has 0 bridgehead atoms. The van der Waals surface area contributed by atoms with Gasteiger partial charge in [0.25, 0.3) is 0 Å². The van der Waals surface area contributed by atoms with Crippen LogP contribution in [-0.4, -0.2) is 48.3 Å². The van der Waals surface area contributed by atoms with E-state index in [1.165, 1.54) is 0 Å². The van der Waals surface area contributed by atoms with Gasteiger partial charge in [-0.05, 0) is 43.0 Å². The molecule has 4 rings (SSSR count). The average molecular weight is 417 g/mol. The summed E-state index contributed by atoms with van der Waals surface area (Å²) in [6.07, 6.45) is 1.18. The Labute approximate surface area is 169 Å². The largest absolute Gasteiger partial charge is 0.356 e. The number of rotatable bonds is 4. The SMILES string of the molecule is Cc1c(CCCl)c(N(C)C2CCS(=O)(=O)C2)n2c(nc3ccccc32)c1C#N. The number of anilines is 1. The zero-order valence-corrected chi connectivity index (χ0v) is 17.4. The van der Waals surface area contributed by atoms with E-state index >= 15 is 0 Å². The highest BCUT2D eigenvalue weighted by Gasteiger charge is 2.33. The Kier molecular flexibility index (Phi) is 4.72. The maximum absolute atomic E-state index is 12.1. The van der Waals surface area contributed by atoms with Crippen LogP contribution in [0.2, 0.25) is 0 Å². The van der Waals surface area contributed by atoms with E-state index in [4.69, 9.17) is 16.6 Å². The molecule has 3 heterocycles. The lowest BCUT2D eigenvalue weighted by Gasteiger charge is -2.30. The van der Waals surface area contributed by atoms with E-state index in [1.54, 1.807) is 0 Å². The molecule has 3 aromatic rings. The molecule has 1 atom stereocenters. The Hall–Kier alpha value is -2.30. The zero-order valence-electron chi connectivity index (χ0n) is 15.8. The molecule has 1 unspecified atom stereocenters. The summed E-state index contributed by atoms with van der Waals surface area (Å²) in [5.74, 6) is 1.63. The summed E-state index contributed by atoms with van der Waals surface area (Å²) >= 11 is 6.11. The second-order valence-electron chi connectivity index (χ2n) is 7.28. The topological polar surface area (TPSA) is 78.5 Å². The first-order chi connectivity index (χ1) is 13.4. The van der Waals surface area contributed by atoms with Gasteiger partial charge in [0.2, 0.25) is 0 Å². The van der Waals surface area contributed by atoms with Gasteiger partial charge in [-0.1, -0.05) is 12.1 Å². The number of aromatic nitrogens is 2. The van der Waals surface area contributed by atoms with Crippen molar-refractivity contribution in [2.24, 2.45) is 0 Å². The molecule has 2 aromatic heterocycles. The summed E-state index contributed by atoms with van der Waals surface area (Å²) in [5.41, 5.74) is 4.65. The third-order valence-electron chi connectivity index (χ3n) is 5.64. The number of hydrogen-bond acceptors (Lipinski definition) is 5. The lowest BCUT2D eigenvalue weighted by molar-refractivity contribution is 0.600. The average Bonchev–Trinajstić information content (AvgIpc) is 3.22. The van der Waals surface area contributed by atoms with Crippen LogP contribution >= 0.6 is 11.6 Å². The second-order valence-corrected chi connectivity index (χ2v) is 9.89. The van der Waals surface area contributed by atoms with Crippen LogP contribution in [0.25, 0.3) is 16.7 Å². The number of pyridine rings is 1. The highest BCUT2D eigenvalue weighted by Crippen LogP contribution is 2.35. The van der Waals surface area contributed by atoms with Gasteiger partial charge in [-0.3, -0.25) is 4.40 Å². The molecule has 0 saturated carbocycles. The number of nitriles is 1. The molecule has 6 nitrogen and oxygen atoms in total. The molecule has 1 aliphatic heterocycles. The van der Waals surface area contributed by atoms with Crippen molar-refractivity contribution in [3.8, 4) is 6.07 Å². The Balaban J connectivity index is 2.08. The molecule has 0 spiro atoms. The Bertz CT molecular complexity index is 1230. The number of benzene rings is 1. The fraction of sp³-hybridized carbons (Fsp3) is 0.400. The second kappa shape index (κ2) is 6.94. The molecule has 0 radical (unpaired) electrons. The van der Waals surface area contributed by atoms with Gasteiger partial charge in [0.15, 0.2) is 15.5 Å². The van der Waals surface area contributed by atoms with E-state index in [2.05, 4.69) is 6.07 Å². The van der Waals surface area contributed by atoms with Crippen molar-refractivity contribution in [2.75, 3.05) is 29.3 Å². The van der Waals surface area contributed by atoms with Crippen molar-refractivity contribution < 1.29 is 8.42 Å². The summed E-state index contributed by atoms with van der Waals surface area (Å²) < 4.78 is 26.1. The van der Waals surface area contributed by atoms with Gasteiger partial charge in [-0.2, -0.15) is 5.26 Å². The van der Waals surface area contributed by atoms with E-state index < -0.39 is 9.84 Å². The molecule has 1 aromatic carbocycles. The standard InChI is InChI=1S/C20H21ClN4O2S/c1-13-15(7-9-21)20(24(2)14-8-10-28(26,27)12-14)25-18-6-4-3-5-17(18)23-19(25)16(13)11-22/h3-6,14H,7-10,12H2,1-2H3. The van der Waals surface area contributed by atoms with Gasteiger partial charge in [0.05, 0.1) is 28.1 Å². The molecule has 0 aliphatic carbocycles. The summed E-state index contributed by atoms with van der Waals surface area (Å²) in [6.45, 7) is 1.92. The predicted octanol–water partition coefficient (Wildman–Crippen LogP) is 3.07. The Morgan fingerprint density at radius 2 is 2.14 bits per heavy atom. The maximum Gasteiger partial charge on any atom is 0.157 e. The highest BCUT2D eigenvalue weighted by molar-refractivity contribution is 7.91. The normalized spacial score (nSPS) is 18.6. The van der Waals surface area contributed by atoms with Crippen LogP contribution in [0.3, 0.4) is 0 Å². The number of imidazole rings is 1. The van der Waals surface area contributed by atoms with Crippen molar-refractivity contribution in [3.05, 3.63) is 41.0 Å². The highest BCUT2D eigenvalue weighted by atomic mass is 35.5. The zero-order chi connectivity index (χ0) is 20.1. The molecule has 28 heavy (non-hydrogen) atoms. The van der Waals surface area contributed by atoms with Crippen LogP contribution in [0.4, 0.5) is 5.82 Å². The summed E-state index contributed by atoms with van der Waals surface area (Å²) in [7, 11) is -1.10. The van der Waals surface area contributed by atoms with Crippen LogP contribution in [-0.2, 0) is 16.3 Å². The van der Waals surface area contributed by atoms with Gasteiger partial charge in [0.1, 0.15) is 11.9 Å². The minimum atomic E-state index is -3.02. The van der Waals surface area contributed by atoms with Crippen LogP contribution in [0.15, 0.2) is 24.3 Å². The lowest BCUT2D eigenvalue weighted by atomic mass is 10.0. The van der Waals surface area contributed by atoms with E-state index in [9.17, 15) is 13.7 Å². The van der Waals surface area contributed by atoms with E-state index in [1.807, 2.05) is 47.5 Å². The quantitative estimate of drug-likeness (QED) is 0.611. The molecular formula is C20H21ClN4O2S. The van der Waals surface area contributed by atoms with Crippen molar-refractivity contribution in [2.45, 2.75) is 25.8 Å². The molecule has 1 aliphatic rings. The van der Waals surface area contributed by atoms with Gasteiger partial charge in [-0.15, -0.1) is 11.6 Å². The summed E-state index contributed by atoms with van der Waals surface area (Å²) in [5, 5.41) is 9.81. The van der Waals surface area contributed by atoms with Gasteiger partial charge in [-0.25, -0.2) is 13.4 Å². The number of halogens is 1. The molecule has 146 valence electrons. The number of fused-ring (bicyclic) bond motifs is 3. The Morgan fingerprint density at radius 3 is 2.79 bits per heavy atom. The minimum Gasteiger partial charge on any atom is -0.356 e. The third kappa shape index (κ3) is 2.92. The van der Waals surface area contributed by atoms with E-state index in [-0.39, 0.29) is 17.5 Å². The third-order valence-corrected chi connectivity index (χ3v) is 7.58. The number of para-hydroxylation sites is 2. The first-order valence-electron chi connectivity index (χ1n) is 9.20. The van der Waals surface area contributed by atoms with Crippen LogP contribution < -0.4 is 4.90 Å². The molecule has 1 fully saturated rings. The first-order valence-corrected chi connectivity index (χ1v) is 11.6. The fourth-order valence-electron chi connectivity index (χ4n) is 4.18. The van der Waals surface area contributed by atoms with Crippen LogP contribution in [0, 0.1) is 18.3 Å². The van der Waals surface area contributed by atoms with Gasteiger partial charge in [0, 0.05) is 19.0 Å². The van der Waals surface area contributed by atoms with Crippen molar-refractivity contribution in [1.82, 2.24) is 9.38 Å². The number of nitrogens with zero attached hydrogens (tertiary/aromatic N) is 4. The van der Waals surface area contributed by atoms with E-state index in [0.717, 1.165) is 28.0 Å². The molecule has 0 N–H and O–H groups in total. The Morgan fingerprint density at radius 1 is 1.39 bits per heavy atom. The molecule has 8 heteroatoms. The monoisotopic (exact) mass is 416 g/mol. The fourth-order valence-corrected chi connectivity index (χ4v) is 6.14. The minimum absolute atomic E-state index is 0.115. The maximum atomic E-state index is 12.1. The summed E-state index contributed by atoms with van der Waals surface area (Å²) in [6, 6.07) is 9.94. The number of alkyl halides is 1. The molecule has 1 saturated heterocycles. The number of hydrogen-bond donors (Lipinski definition) is 0. The van der Waals surface area contributed by atoms with Crippen LogP contribution in [0.1, 0.15) is 23.1 Å². The van der Waals surface area contributed by atoms with Crippen LogP contribution in [0.5, 0.6) is 0 Å².